The quantitative estimate of drug-likeness (QED) is 0.749. The van der Waals surface area contributed by atoms with Gasteiger partial charge in [0.2, 0.25) is 11.8 Å². The Morgan fingerprint density at radius 3 is 2.83 bits per heavy atom. The van der Waals surface area contributed by atoms with Crippen molar-refractivity contribution < 1.29 is 9.90 Å². The average Bonchev–Trinajstić information content (AvgIpc) is 2.61. The highest BCUT2D eigenvalue weighted by Gasteiger charge is 2.09. The summed E-state index contributed by atoms with van der Waals surface area (Å²) < 4.78 is 1.51. The van der Waals surface area contributed by atoms with Crippen molar-refractivity contribution in [3.63, 3.8) is 0 Å². The summed E-state index contributed by atoms with van der Waals surface area (Å²) in [6, 6.07) is 1.27. The fourth-order valence-corrected chi connectivity index (χ4v) is 1.44. The lowest BCUT2D eigenvalue weighted by molar-refractivity contribution is 0.262. The highest BCUT2D eigenvalue weighted by molar-refractivity contribution is 5.99. The van der Waals surface area contributed by atoms with Crippen molar-refractivity contribution in [1.29, 1.82) is 0 Å². The number of aryl methyl sites for hydroxylation is 2. The first-order valence-electron chi connectivity index (χ1n) is 5.27. The van der Waals surface area contributed by atoms with Crippen molar-refractivity contribution in [2.75, 3.05) is 10.6 Å². The summed E-state index contributed by atoms with van der Waals surface area (Å²) in [4.78, 5) is 19.4. The molecule has 7 heteroatoms. The van der Waals surface area contributed by atoms with Crippen molar-refractivity contribution in [2.45, 2.75) is 6.92 Å². The SMILES string of the molecule is Cc1cnccc1NC(=O)Nc1nc(O)cn1C. The van der Waals surface area contributed by atoms with E-state index in [0.717, 1.165) is 5.56 Å². The molecule has 0 aliphatic rings. The second-order valence-corrected chi connectivity index (χ2v) is 3.80. The first-order valence-corrected chi connectivity index (χ1v) is 5.27. The number of aromatic nitrogens is 3. The number of urea groups is 1. The lowest BCUT2D eigenvalue weighted by Crippen LogP contribution is -2.21. The zero-order chi connectivity index (χ0) is 13.1. The van der Waals surface area contributed by atoms with Gasteiger partial charge in [-0.25, -0.2) is 4.79 Å². The normalized spacial score (nSPS) is 10.1. The number of hydrogen-bond donors (Lipinski definition) is 3. The number of carbonyl (C=O) groups is 1. The number of hydrogen-bond acceptors (Lipinski definition) is 4. The summed E-state index contributed by atoms with van der Waals surface area (Å²) in [5, 5.41) is 14.4. The fraction of sp³-hybridized carbons (Fsp3) is 0.182. The van der Waals surface area contributed by atoms with E-state index in [1.807, 2.05) is 6.92 Å². The number of pyridine rings is 1. The zero-order valence-electron chi connectivity index (χ0n) is 10.0. The topological polar surface area (TPSA) is 92.1 Å². The second kappa shape index (κ2) is 4.74. The van der Waals surface area contributed by atoms with Crippen LogP contribution in [-0.2, 0) is 7.05 Å². The van der Waals surface area contributed by atoms with Crippen LogP contribution in [0.15, 0.2) is 24.7 Å². The van der Waals surface area contributed by atoms with Crippen LogP contribution < -0.4 is 10.6 Å². The van der Waals surface area contributed by atoms with Gasteiger partial charge in [0.1, 0.15) is 0 Å². The van der Waals surface area contributed by atoms with Gasteiger partial charge < -0.3 is 15.0 Å². The lowest BCUT2D eigenvalue weighted by atomic mass is 10.2. The van der Waals surface area contributed by atoms with Gasteiger partial charge in [-0.05, 0) is 18.6 Å². The molecule has 0 aliphatic carbocycles. The van der Waals surface area contributed by atoms with E-state index >= 15 is 0 Å². The van der Waals surface area contributed by atoms with Crippen LogP contribution in [0.1, 0.15) is 5.56 Å². The highest BCUT2D eigenvalue weighted by atomic mass is 16.3. The second-order valence-electron chi connectivity index (χ2n) is 3.80. The molecule has 0 unspecified atom stereocenters. The molecule has 3 N–H and O–H groups in total. The van der Waals surface area contributed by atoms with E-state index in [1.165, 1.54) is 10.8 Å². The first kappa shape index (κ1) is 11.9. The van der Waals surface area contributed by atoms with Crippen molar-refractivity contribution in [1.82, 2.24) is 14.5 Å². The smallest absolute Gasteiger partial charge is 0.326 e. The molecule has 2 heterocycles. The third-order valence-electron chi connectivity index (χ3n) is 2.36. The molecule has 0 atom stereocenters. The lowest BCUT2D eigenvalue weighted by Gasteiger charge is -2.08. The molecule has 0 saturated carbocycles. The van der Waals surface area contributed by atoms with Crippen LogP contribution in [0.5, 0.6) is 5.88 Å². The van der Waals surface area contributed by atoms with E-state index in [1.54, 1.807) is 25.5 Å². The third-order valence-corrected chi connectivity index (χ3v) is 2.36. The first-order chi connectivity index (χ1) is 8.56. The molecule has 2 aromatic heterocycles. The molecule has 2 rings (SSSR count). The summed E-state index contributed by atoms with van der Waals surface area (Å²) in [7, 11) is 1.67. The Hall–Kier alpha value is -2.57. The molecule has 94 valence electrons. The standard InChI is InChI=1S/C11H13N5O2/c1-7-5-12-4-3-8(7)13-11(18)15-10-14-9(17)6-16(10)2/h3-6,17H,1-2H3,(H2,12,13,14,15,18). The predicted octanol–water partition coefficient (Wildman–Crippen LogP) is 1.47. The maximum atomic E-state index is 11.7. The van der Waals surface area contributed by atoms with Gasteiger partial charge in [-0.3, -0.25) is 10.3 Å². The molecule has 0 aliphatic heterocycles. The van der Waals surface area contributed by atoms with Crippen LogP contribution in [-0.4, -0.2) is 25.7 Å². The molecule has 0 radical (unpaired) electrons. The van der Waals surface area contributed by atoms with Gasteiger partial charge in [0.15, 0.2) is 0 Å². The van der Waals surface area contributed by atoms with Crippen molar-refractivity contribution >= 4 is 17.7 Å². The van der Waals surface area contributed by atoms with E-state index < -0.39 is 6.03 Å². The minimum absolute atomic E-state index is 0.145. The number of rotatable bonds is 2. The molecule has 2 aromatic rings. The van der Waals surface area contributed by atoms with Gasteiger partial charge in [-0.2, -0.15) is 4.98 Å². The molecule has 7 nitrogen and oxygen atoms in total. The van der Waals surface area contributed by atoms with E-state index in [9.17, 15) is 4.79 Å². The molecule has 0 aromatic carbocycles. The van der Waals surface area contributed by atoms with Crippen LogP contribution in [0.25, 0.3) is 0 Å². The van der Waals surface area contributed by atoms with Crippen LogP contribution in [0.4, 0.5) is 16.4 Å². The van der Waals surface area contributed by atoms with E-state index in [2.05, 4.69) is 20.6 Å². The van der Waals surface area contributed by atoms with Gasteiger partial charge in [0.25, 0.3) is 0 Å². The molecular weight excluding hydrogens is 234 g/mol. The Morgan fingerprint density at radius 2 is 2.22 bits per heavy atom. The van der Waals surface area contributed by atoms with Crippen LogP contribution in [0.2, 0.25) is 0 Å². The maximum absolute atomic E-state index is 11.7. The Labute approximate surface area is 103 Å². The summed E-state index contributed by atoms with van der Waals surface area (Å²) in [6.07, 6.45) is 4.64. The van der Waals surface area contributed by atoms with Gasteiger partial charge in [0.05, 0.1) is 6.20 Å². The van der Waals surface area contributed by atoms with Crippen molar-refractivity contribution in [3.8, 4) is 5.88 Å². The predicted molar refractivity (Wildman–Crippen MR) is 66.5 cm³/mol. The molecule has 0 saturated heterocycles. The minimum Gasteiger partial charge on any atom is -0.492 e. The van der Waals surface area contributed by atoms with E-state index in [4.69, 9.17) is 5.11 Å². The van der Waals surface area contributed by atoms with Crippen molar-refractivity contribution in [2.24, 2.45) is 7.05 Å². The largest absolute Gasteiger partial charge is 0.492 e. The summed E-state index contributed by atoms with van der Waals surface area (Å²) in [5.74, 6) is 0.115. The highest BCUT2D eigenvalue weighted by Crippen LogP contribution is 2.14. The van der Waals surface area contributed by atoms with Gasteiger partial charge in [-0.15, -0.1) is 0 Å². The van der Waals surface area contributed by atoms with E-state index in [0.29, 0.717) is 5.69 Å². The number of amides is 2. The average molecular weight is 247 g/mol. The van der Waals surface area contributed by atoms with Gasteiger partial charge >= 0.3 is 6.03 Å². The minimum atomic E-state index is -0.432. The van der Waals surface area contributed by atoms with Crippen LogP contribution >= 0.6 is 0 Å². The number of anilines is 2. The number of nitrogens with one attached hydrogen (secondary N) is 2. The molecular formula is C11H13N5O2. The Kier molecular flexibility index (Phi) is 3.13. The maximum Gasteiger partial charge on any atom is 0.326 e. The Balaban J connectivity index is 2.06. The van der Waals surface area contributed by atoms with E-state index in [-0.39, 0.29) is 11.8 Å². The fourth-order valence-electron chi connectivity index (χ4n) is 1.44. The Morgan fingerprint density at radius 1 is 1.44 bits per heavy atom. The van der Waals surface area contributed by atoms with Gasteiger partial charge in [-0.1, -0.05) is 0 Å². The van der Waals surface area contributed by atoms with Crippen LogP contribution in [0, 0.1) is 6.92 Å². The number of nitrogens with zero attached hydrogens (tertiary/aromatic N) is 3. The zero-order valence-corrected chi connectivity index (χ0v) is 10.0. The molecule has 0 spiro atoms. The number of aromatic hydroxyl groups is 1. The van der Waals surface area contributed by atoms with Crippen molar-refractivity contribution in [3.05, 3.63) is 30.2 Å². The van der Waals surface area contributed by atoms with Gasteiger partial charge in [0, 0.05) is 25.1 Å². The molecule has 0 fully saturated rings. The number of carbonyl (C=O) groups excluding carboxylic acids is 1. The summed E-state index contributed by atoms with van der Waals surface area (Å²) in [5.41, 5.74) is 1.52. The summed E-state index contributed by atoms with van der Waals surface area (Å²) >= 11 is 0. The molecule has 0 bridgehead atoms. The monoisotopic (exact) mass is 247 g/mol. The molecule has 18 heavy (non-hydrogen) atoms. The Bertz CT molecular complexity index is 579. The summed E-state index contributed by atoms with van der Waals surface area (Å²) in [6.45, 7) is 1.84. The number of imidazole rings is 1. The third kappa shape index (κ3) is 2.57. The molecule has 2 amide bonds. The van der Waals surface area contributed by atoms with Crippen LogP contribution in [0.3, 0.4) is 0 Å².